The van der Waals surface area contributed by atoms with Crippen LogP contribution in [0.2, 0.25) is 0 Å². The molecule has 0 radical (unpaired) electrons. The molecule has 1 aliphatic rings. The third-order valence-corrected chi connectivity index (χ3v) is 4.02. The summed E-state index contributed by atoms with van der Waals surface area (Å²) >= 11 is 0. The van der Waals surface area contributed by atoms with Gasteiger partial charge in [0, 0.05) is 7.11 Å². The third-order valence-electron chi connectivity index (χ3n) is 4.02. The lowest BCUT2D eigenvalue weighted by atomic mass is 9.92. The Morgan fingerprint density at radius 1 is 1.38 bits per heavy atom. The number of carbonyl (C=O) groups is 1. The van der Waals surface area contributed by atoms with Gasteiger partial charge in [-0.25, -0.2) is 9.48 Å². The fourth-order valence-corrected chi connectivity index (χ4v) is 2.99. The molecule has 21 heavy (non-hydrogen) atoms. The molecule has 6 heteroatoms. The summed E-state index contributed by atoms with van der Waals surface area (Å²) in [5, 5.41) is 8.32. The first kappa shape index (κ1) is 15.9. The number of aromatic nitrogens is 3. The van der Waals surface area contributed by atoms with Gasteiger partial charge in [0.05, 0.1) is 24.4 Å². The van der Waals surface area contributed by atoms with E-state index >= 15 is 0 Å². The van der Waals surface area contributed by atoms with E-state index in [-0.39, 0.29) is 18.1 Å². The van der Waals surface area contributed by atoms with Crippen molar-refractivity contribution in [1.82, 2.24) is 15.0 Å². The van der Waals surface area contributed by atoms with Crippen molar-refractivity contribution in [3.05, 3.63) is 11.4 Å². The van der Waals surface area contributed by atoms with Crippen LogP contribution in [0.5, 0.6) is 0 Å². The average Bonchev–Trinajstić information content (AvgIpc) is 2.92. The summed E-state index contributed by atoms with van der Waals surface area (Å²) in [5.74, 6) is -0.369. The Labute approximate surface area is 125 Å². The van der Waals surface area contributed by atoms with E-state index < -0.39 is 0 Å². The van der Waals surface area contributed by atoms with E-state index in [0.717, 1.165) is 44.2 Å². The van der Waals surface area contributed by atoms with E-state index in [0.29, 0.717) is 12.3 Å². The van der Waals surface area contributed by atoms with E-state index in [1.165, 1.54) is 0 Å². The SMILES string of the molecule is CCCc1c(C(=O)OCC)nnn1C1CCCC(OC)C1. The minimum atomic E-state index is -0.369. The molecular weight excluding hydrogens is 270 g/mol. The molecule has 1 saturated carbocycles. The first-order valence-corrected chi connectivity index (χ1v) is 7.85. The van der Waals surface area contributed by atoms with Crippen molar-refractivity contribution in [1.29, 1.82) is 0 Å². The standard InChI is InChI=1S/C15H25N3O3/c1-4-7-13-14(15(19)21-5-2)16-17-18(13)11-8-6-9-12(10-11)20-3/h11-12H,4-10H2,1-3H3. The molecule has 1 aromatic rings. The molecule has 0 bridgehead atoms. The van der Waals surface area contributed by atoms with Crippen molar-refractivity contribution in [2.45, 2.75) is 64.5 Å². The van der Waals surface area contributed by atoms with Crippen molar-refractivity contribution < 1.29 is 14.3 Å². The molecule has 1 aliphatic carbocycles. The van der Waals surface area contributed by atoms with Crippen LogP contribution in [0, 0.1) is 0 Å². The van der Waals surface area contributed by atoms with Crippen LogP contribution in [-0.4, -0.2) is 40.8 Å². The first-order chi connectivity index (χ1) is 10.2. The van der Waals surface area contributed by atoms with E-state index in [1.807, 2.05) is 4.68 Å². The van der Waals surface area contributed by atoms with Gasteiger partial charge in [0.25, 0.3) is 0 Å². The van der Waals surface area contributed by atoms with E-state index in [2.05, 4.69) is 17.2 Å². The number of carbonyl (C=O) groups excluding carboxylic acids is 1. The fraction of sp³-hybridized carbons (Fsp3) is 0.800. The Morgan fingerprint density at radius 2 is 2.19 bits per heavy atom. The maximum absolute atomic E-state index is 12.0. The molecule has 0 spiro atoms. The third kappa shape index (κ3) is 3.61. The highest BCUT2D eigenvalue weighted by molar-refractivity contribution is 5.88. The summed E-state index contributed by atoms with van der Waals surface area (Å²) in [7, 11) is 1.76. The Balaban J connectivity index is 2.24. The molecule has 118 valence electrons. The highest BCUT2D eigenvalue weighted by Gasteiger charge is 2.28. The summed E-state index contributed by atoms with van der Waals surface area (Å²) in [6.45, 7) is 4.24. The largest absolute Gasteiger partial charge is 0.461 e. The number of hydrogen-bond donors (Lipinski definition) is 0. The lowest BCUT2D eigenvalue weighted by Gasteiger charge is -2.29. The minimum Gasteiger partial charge on any atom is -0.461 e. The van der Waals surface area contributed by atoms with Gasteiger partial charge in [-0.1, -0.05) is 18.6 Å². The number of rotatable bonds is 6. The van der Waals surface area contributed by atoms with Crippen molar-refractivity contribution in [3.8, 4) is 0 Å². The normalized spacial score (nSPS) is 22.2. The van der Waals surface area contributed by atoms with Gasteiger partial charge >= 0.3 is 5.97 Å². The quantitative estimate of drug-likeness (QED) is 0.754. The van der Waals surface area contributed by atoms with Crippen LogP contribution in [0.25, 0.3) is 0 Å². The molecule has 6 nitrogen and oxygen atoms in total. The van der Waals surface area contributed by atoms with Crippen LogP contribution in [-0.2, 0) is 15.9 Å². The fourth-order valence-electron chi connectivity index (χ4n) is 2.99. The Bertz CT molecular complexity index is 473. The number of methoxy groups -OCH3 is 1. The number of nitrogens with zero attached hydrogens (tertiary/aromatic N) is 3. The monoisotopic (exact) mass is 295 g/mol. The zero-order valence-electron chi connectivity index (χ0n) is 13.2. The molecule has 2 atom stereocenters. The van der Waals surface area contributed by atoms with E-state index in [4.69, 9.17) is 9.47 Å². The van der Waals surface area contributed by atoms with Gasteiger partial charge < -0.3 is 9.47 Å². The van der Waals surface area contributed by atoms with Crippen LogP contribution in [0.3, 0.4) is 0 Å². The minimum absolute atomic E-state index is 0.265. The summed E-state index contributed by atoms with van der Waals surface area (Å²) < 4.78 is 12.5. The second kappa shape index (κ2) is 7.54. The average molecular weight is 295 g/mol. The molecule has 0 aromatic carbocycles. The zero-order valence-corrected chi connectivity index (χ0v) is 13.2. The zero-order chi connectivity index (χ0) is 15.2. The molecule has 2 rings (SSSR count). The van der Waals surface area contributed by atoms with Crippen LogP contribution in [0.1, 0.15) is 68.2 Å². The number of hydrogen-bond acceptors (Lipinski definition) is 5. The molecule has 0 aliphatic heterocycles. The predicted molar refractivity (Wildman–Crippen MR) is 78.3 cm³/mol. The van der Waals surface area contributed by atoms with Crippen LogP contribution in [0.4, 0.5) is 0 Å². The molecule has 0 N–H and O–H groups in total. The summed E-state index contributed by atoms with van der Waals surface area (Å²) in [5.41, 5.74) is 1.27. The highest BCUT2D eigenvalue weighted by Crippen LogP contribution is 2.31. The van der Waals surface area contributed by atoms with Crippen LogP contribution < -0.4 is 0 Å². The molecule has 0 saturated heterocycles. The van der Waals surface area contributed by atoms with Crippen LogP contribution >= 0.6 is 0 Å². The predicted octanol–water partition coefficient (Wildman–Crippen LogP) is 2.54. The molecule has 0 amide bonds. The van der Waals surface area contributed by atoms with Gasteiger partial charge in [0.1, 0.15) is 0 Å². The molecule has 1 heterocycles. The Kier molecular flexibility index (Phi) is 5.73. The van der Waals surface area contributed by atoms with Crippen molar-refractivity contribution >= 4 is 5.97 Å². The van der Waals surface area contributed by atoms with Crippen molar-refractivity contribution in [2.75, 3.05) is 13.7 Å². The van der Waals surface area contributed by atoms with Gasteiger partial charge in [0.15, 0.2) is 5.69 Å². The van der Waals surface area contributed by atoms with Crippen LogP contribution in [0.15, 0.2) is 0 Å². The highest BCUT2D eigenvalue weighted by atomic mass is 16.5. The van der Waals surface area contributed by atoms with Gasteiger partial charge in [-0.05, 0) is 39.0 Å². The van der Waals surface area contributed by atoms with Gasteiger partial charge in [-0.2, -0.15) is 0 Å². The van der Waals surface area contributed by atoms with E-state index in [9.17, 15) is 4.79 Å². The maximum atomic E-state index is 12.0. The Hall–Kier alpha value is -1.43. The maximum Gasteiger partial charge on any atom is 0.360 e. The number of ether oxygens (including phenoxy) is 2. The number of esters is 1. The van der Waals surface area contributed by atoms with Crippen molar-refractivity contribution in [3.63, 3.8) is 0 Å². The second-order valence-corrected chi connectivity index (χ2v) is 5.48. The van der Waals surface area contributed by atoms with Gasteiger partial charge in [-0.15, -0.1) is 5.10 Å². The second-order valence-electron chi connectivity index (χ2n) is 5.48. The summed E-state index contributed by atoms with van der Waals surface area (Å²) in [6.07, 6.45) is 6.20. The molecule has 1 fully saturated rings. The Morgan fingerprint density at radius 3 is 2.86 bits per heavy atom. The first-order valence-electron chi connectivity index (χ1n) is 7.85. The topological polar surface area (TPSA) is 66.2 Å². The van der Waals surface area contributed by atoms with Gasteiger partial charge in [-0.3, -0.25) is 0 Å². The summed E-state index contributed by atoms with van der Waals surface area (Å²) in [4.78, 5) is 12.0. The molecular formula is C15H25N3O3. The molecule has 2 unspecified atom stereocenters. The van der Waals surface area contributed by atoms with Crippen molar-refractivity contribution in [2.24, 2.45) is 0 Å². The smallest absolute Gasteiger partial charge is 0.360 e. The lowest BCUT2D eigenvalue weighted by Crippen LogP contribution is -2.26. The molecule has 1 aromatic heterocycles. The van der Waals surface area contributed by atoms with Gasteiger partial charge in [0.2, 0.25) is 0 Å². The summed E-state index contributed by atoms with van der Waals surface area (Å²) in [6, 6.07) is 0.265. The van der Waals surface area contributed by atoms with E-state index in [1.54, 1.807) is 14.0 Å². The lowest BCUT2D eigenvalue weighted by molar-refractivity contribution is 0.0497.